The Balaban J connectivity index is 1.41. The van der Waals surface area contributed by atoms with Crippen molar-refractivity contribution in [2.24, 2.45) is 0 Å². The Morgan fingerprint density at radius 1 is 0.614 bits per heavy atom. The predicted molar refractivity (Wildman–Crippen MR) is 187 cm³/mol. The van der Waals surface area contributed by atoms with Crippen molar-refractivity contribution in [1.29, 1.82) is 0 Å². The lowest BCUT2D eigenvalue weighted by atomic mass is 10.0. The lowest BCUT2D eigenvalue weighted by Crippen LogP contribution is -2.22. The predicted octanol–water partition coefficient (Wildman–Crippen LogP) is 12.3. The first kappa shape index (κ1) is 38.8. The van der Waals surface area contributed by atoms with E-state index in [4.69, 9.17) is 14.2 Å². The van der Waals surface area contributed by atoms with Gasteiger partial charge in [0.1, 0.15) is 6.10 Å². The quantitative estimate of drug-likeness (QED) is 0.0499. The fourth-order valence-electron chi connectivity index (χ4n) is 6.61. The average Bonchev–Trinajstić information content (AvgIpc) is 3.48. The molecular formula is C40H70O4. The van der Waals surface area contributed by atoms with E-state index in [0.29, 0.717) is 0 Å². The molecule has 2 heterocycles. The minimum Gasteiger partial charge on any atom is -0.455 e. The fraction of sp³-hybridized carbons (Fsp3) is 0.825. The summed E-state index contributed by atoms with van der Waals surface area (Å²) in [5.41, 5.74) is 0.880. The number of unbranched alkanes of at least 4 members (excludes halogenated alkanes) is 18. The van der Waals surface area contributed by atoms with E-state index in [9.17, 15) is 4.79 Å². The smallest absolute Gasteiger partial charge is 0.334 e. The van der Waals surface area contributed by atoms with Gasteiger partial charge in [0.15, 0.2) is 5.79 Å². The van der Waals surface area contributed by atoms with Gasteiger partial charge in [0.25, 0.3) is 0 Å². The first-order chi connectivity index (χ1) is 21.4. The molecule has 1 unspecified atom stereocenters. The molecule has 0 bridgehead atoms. The molecule has 0 amide bonds. The van der Waals surface area contributed by atoms with Gasteiger partial charge in [0.2, 0.25) is 0 Å². The van der Waals surface area contributed by atoms with E-state index in [1.165, 1.54) is 116 Å². The summed E-state index contributed by atoms with van der Waals surface area (Å²) in [6, 6.07) is 0. The highest BCUT2D eigenvalue weighted by Crippen LogP contribution is 2.33. The molecule has 0 saturated carbocycles. The number of allylic oxidation sites excluding steroid dienone is 4. The highest BCUT2D eigenvalue weighted by Gasteiger charge is 2.40. The van der Waals surface area contributed by atoms with Gasteiger partial charge in [0, 0.05) is 5.57 Å². The molecule has 1 fully saturated rings. The molecule has 44 heavy (non-hydrogen) atoms. The van der Waals surface area contributed by atoms with E-state index in [1.807, 2.05) is 13.0 Å². The highest BCUT2D eigenvalue weighted by atomic mass is 16.7. The molecule has 0 radical (unpaired) electrons. The molecule has 0 spiro atoms. The average molecular weight is 615 g/mol. The summed E-state index contributed by atoms with van der Waals surface area (Å²) in [7, 11) is 0. The molecule has 2 aliphatic rings. The van der Waals surface area contributed by atoms with Crippen LogP contribution >= 0.6 is 0 Å². The number of ether oxygens (including phenoxy) is 3. The van der Waals surface area contributed by atoms with Crippen LogP contribution in [0.15, 0.2) is 36.0 Å². The van der Waals surface area contributed by atoms with Gasteiger partial charge in [-0.05, 0) is 84.6 Å². The maximum Gasteiger partial charge on any atom is 0.334 e. The molecule has 4 nitrogen and oxygen atoms in total. The van der Waals surface area contributed by atoms with Gasteiger partial charge in [-0.25, -0.2) is 4.79 Å². The van der Waals surface area contributed by atoms with Crippen LogP contribution in [0.25, 0.3) is 0 Å². The molecule has 2 aliphatic heterocycles. The first-order valence-corrected chi connectivity index (χ1v) is 19.0. The molecule has 0 aromatic carbocycles. The molecular weight excluding hydrogens is 544 g/mol. The molecule has 0 aliphatic carbocycles. The Hall–Kier alpha value is -1.39. The molecule has 2 rings (SSSR count). The number of carbonyl (C=O) groups excluding carboxylic acids is 1. The number of hydrogen-bond donors (Lipinski definition) is 0. The van der Waals surface area contributed by atoms with Gasteiger partial charge in [-0.1, -0.05) is 134 Å². The van der Waals surface area contributed by atoms with Crippen LogP contribution in [-0.2, 0) is 19.0 Å². The van der Waals surface area contributed by atoms with Crippen LogP contribution in [0.4, 0.5) is 0 Å². The Bertz CT molecular complexity index is 810. The number of carbonyl (C=O) groups is 1. The molecule has 0 aromatic heterocycles. The second kappa shape index (κ2) is 24.8. The maximum absolute atomic E-state index is 11.7. The van der Waals surface area contributed by atoms with Crippen LogP contribution in [0.3, 0.4) is 0 Å². The van der Waals surface area contributed by atoms with Gasteiger partial charge in [-0.2, -0.15) is 0 Å². The van der Waals surface area contributed by atoms with Crippen LogP contribution in [-0.4, -0.2) is 30.1 Å². The zero-order valence-corrected chi connectivity index (χ0v) is 29.4. The zero-order chi connectivity index (χ0) is 31.7. The van der Waals surface area contributed by atoms with Crippen LogP contribution in [0.5, 0.6) is 0 Å². The fourth-order valence-corrected chi connectivity index (χ4v) is 6.61. The Labute approximate surface area is 272 Å². The van der Waals surface area contributed by atoms with E-state index < -0.39 is 5.79 Å². The first-order valence-electron chi connectivity index (χ1n) is 19.0. The van der Waals surface area contributed by atoms with Gasteiger partial charge in [-0.3, -0.25) is 0 Å². The van der Waals surface area contributed by atoms with Crippen LogP contribution in [0.1, 0.15) is 188 Å². The Kier molecular flexibility index (Phi) is 21.9. The standard InChI is InChI=1S/C40H70O4/c1-5-6-7-8-9-10-11-12-13-14-15-16-17-18-19-23-26-29-32-37-38(44-40(3,4)43-37)33-30-27-24-21-20-22-25-28-31-36-34-35(2)42-39(36)41/h16-17,23,26,34-35,37-38H,5-15,18-22,24-25,27-33H2,1-4H3/b17-16-,26-23-/t35?,37-,38-/m0/s1. The highest BCUT2D eigenvalue weighted by molar-refractivity contribution is 5.90. The molecule has 0 N–H and O–H groups in total. The molecule has 1 saturated heterocycles. The van der Waals surface area contributed by atoms with Crippen LogP contribution < -0.4 is 0 Å². The normalized spacial score (nSPS) is 21.6. The molecule has 4 heteroatoms. The minimum absolute atomic E-state index is 0.0386. The largest absolute Gasteiger partial charge is 0.455 e. The van der Waals surface area contributed by atoms with E-state index in [2.05, 4.69) is 45.1 Å². The number of esters is 1. The second-order valence-electron chi connectivity index (χ2n) is 14.0. The number of hydrogen-bond acceptors (Lipinski definition) is 4. The minimum atomic E-state index is -0.457. The van der Waals surface area contributed by atoms with E-state index in [1.54, 1.807) is 0 Å². The summed E-state index contributed by atoms with van der Waals surface area (Å²) in [5, 5.41) is 0. The van der Waals surface area contributed by atoms with Gasteiger partial charge in [-0.15, -0.1) is 0 Å². The monoisotopic (exact) mass is 615 g/mol. The van der Waals surface area contributed by atoms with Crippen LogP contribution in [0, 0.1) is 0 Å². The molecule has 3 atom stereocenters. The van der Waals surface area contributed by atoms with Crippen molar-refractivity contribution in [3.8, 4) is 0 Å². The van der Waals surface area contributed by atoms with Crippen LogP contribution in [0.2, 0.25) is 0 Å². The van der Waals surface area contributed by atoms with Crippen molar-refractivity contribution in [3.63, 3.8) is 0 Å². The van der Waals surface area contributed by atoms with Crippen molar-refractivity contribution < 1.29 is 19.0 Å². The lowest BCUT2D eigenvalue weighted by Gasteiger charge is -2.16. The van der Waals surface area contributed by atoms with Crippen molar-refractivity contribution in [3.05, 3.63) is 36.0 Å². The third-order valence-electron chi connectivity index (χ3n) is 9.14. The van der Waals surface area contributed by atoms with E-state index in [-0.39, 0.29) is 24.3 Å². The topological polar surface area (TPSA) is 44.8 Å². The van der Waals surface area contributed by atoms with E-state index in [0.717, 1.165) is 50.5 Å². The number of cyclic esters (lactones) is 1. The summed E-state index contributed by atoms with van der Waals surface area (Å²) in [5.74, 6) is -0.564. The summed E-state index contributed by atoms with van der Waals surface area (Å²) >= 11 is 0. The number of rotatable bonds is 28. The second-order valence-corrected chi connectivity index (χ2v) is 14.0. The third kappa shape index (κ3) is 19.2. The summed E-state index contributed by atoms with van der Waals surface area (Å²) in [6.07, 6.45) is 43.5. The summed E-state index contributed by atoms with van der Waals surface area (Å²) in [6.45, 7) is 8.34. The van der Waals surface area contributed by atoms with Gasteiger partial charge in [0.05, 0.1) is 12.2 Å². The van der Waals surface area contributed by atoms with Crippen molar-refractivity contribution in [1.82, 2.24) is 0 Å². The van der Waals surface area contributed by atoms with Crippen molar-refractivity contribution in [2.75, 3.05) is 0 Å². The van der Waals surface area contributed by atoms with Gasteiger partial charge < -0.3 is 14.2 Å². The maximum atomic E-state index is 11.7. The van der Waals surface area contributed by atoms with Gasteiger partial charge >= 0.3 is 5.97 Å². The van der Waals surface area contributed by atoms with Crippen molar-refractivity contribution in [2.45, 2.75) is 212 Å². The lowest BCUT2D eigenvalue weighted by molar-refractivity contribution is -0.147. The zero-order valence-electron chi connectivity index (χ0n) is 29.4. The SMILES string of the molecule is CCCCCCCCCCCC/C=C\CC/C=C\CC[C@@H]1OC(C)(C)O[C@H]1CCCCCCCCCCC1=CC(C)OC1=O. The summed E-state index contributed by atoms with van der Waals surface area (Å²) < 4.78 is 17.7. The third-order valence-corrected chi connectivity index (χ3v) is 9.14. The van der Waals surface area contributed by atoms with E-state index >= 15 is 0 Å². The Morgan fingerprint density at radius 3 is 1.66 bits per heavy atom. The summed E-state index contributed by atoms with van der Waals surface area (Å²) in [4.78, 5) is 11.7. The molecule has 0 aromatic rings. The van der Waals surface area contributed by atoms with Crippen molar-refractivity contribution >= 4 is 5.97 Å². The Morgan fingerprint density at radius 2 is 1.09 bits per heavy atom. The molecule has 254 valence electrons.